The molecule has 0 N–H and O–H groups in total. The number of carbonyl (C=O) groups is 4. The van der Waals surface area contributed by atoms with Gasteiger partial charge in [-0.3, -0.25) is 29.0 Å². The first kappa shape index (κ1) is 20.6. The summed E-state index contributed by atoms with van der Waals surface area (Å²) in [4.78, 5) is 51.6. The Morgan fingerprint density at radius 1 is 0.774 bits per heavy atom. The second-order valence-electron chi connectivity index (χ2n) is 7.46. The molecule has 0 spiro atoms. The molecular weight excluding hydrogens is 406 g/mol. The van der Waals surface area contributed by atoms with Crippen molar-refractivity contribution in [3.63, 3.8) is 0 Å². The number of rotatable bonds is 7. The molecule has 8 heteroatoms. The molecule has 1 unspecified atom stereocenters. The summed E-state index contributed by atoms with van der Waals surface area (Å²) >= 11 is 0. The SMILES string of the molecule is C=C(CCC(C(F)F)N1C(=O)c2ccccc2C1=O)CN1C(=O)c2ccccc2C1=O. The molecule has 1 atom stereocenters. The Bertz CT molecular complexity index is 1060. The summed E-state index contributed by atoms with van der Waals surface area (Å²) in [6.07, 6.45) is -3.17. The lowest BCUT2D eigenvalue weighted by Crippen LogP contribution is -2.44. The molecule has 2 heterocycles. The van der Waals surface area contributed by atoms with Crippen LogP contribution in [0, 0.1) is 0 Å². The topological polar surface area (TPSA) is 74.8 Å². The van der Waals surface area contributed by atoms with E-state index >= 15 is 0 Å². The highest BCUT2D eigenvalue weighted by Crippen LogP contribution is 2.30. The van der Waals surface area contributed by atoms with Crippen LogP contribution in [-0.4, -0.2) is 52.4 Å². The fourth-order valence-electron chi connectivity index (χ4n) is 3.91. The van der Waals surface area contributed by atoms with Crippen molar-refractivity contribution in [3.05, 3.63) is 82.9 Å². The largest absolute Gasteiger partial charge is 0.270 e. The number of alkyl halides is 2. The van der Waals surface area contributed by atoms with Crippen LogP contribution in [0.1, 0.15) is 54.3 Å². The number of benzene rings is 2. The van der Waals surface area contributed by atoms with Gasteiger partial charge in [-0.1, -0.05) is 36.4 Å². The first-order chi connectivity index (χ1) is 14.8. The van der Waals surface area contributed by atoms with Gasteiger partial charge < -0.3 is 0 Å². The summed E-state index contributed by atoms with van der Waals surface area (Å²) < 4.78 is 27.6. The Kier molecular flexibility index (Phi) is 5.22. The van der Waals surface area contributed by atoms with Gasteiger partial charge in [-0.2, -0.15) is 0 Å². The Balaban J connectivity index is 1.44. The summed E-state index contributed by atoms with van der Waals surface area (Å²) in [5.41, 5.74) is 1.15. The number of carbonyl (C=O) groups excluding carboxylic acids is 4. The molecule has 0 bridgehead atoms. The number of imide groups is 2. The summed E-state index contributed by atoms with van der Waals surface area (Å²) in [5.74, 6) is -2.44. The van der Waals surface area contributed by atoms with E-state index in [1.165, 1.54) is 12.1 Å². The van der Waals surface area contributed by atoms with E-state index < -0.39 is 36.1 Å². The van der Waals surface area contributed by atoms with Crippen LogP contribution in [0.3, 0.4) is 0 Å². The monoisotopic (exact) mass is 424 g/mol. The van der Waals surface area contributed by atoms with Gasteiger partial charge in [0.05, 0.1) is 22.3 Å². The first-order valence-electron chi connectivity index (χ1n) is 9.68. The highest BCUT2D eigenvalue weighted by atomic mass is 19.3. The van der Waals surface area contributed by atoms with Gasteiger partial charge in [0.2, 0.25) is 0 Å². The van der Waals surface area contributed by atoms with Gasteiger partial charge in [-0.25, -0.2) is 8.78 Å². The van der Waals surface area contributed by atoms with E-state index in [1.54, 1.807) is 36.4 Å². The van der Waals surface area contributed by atoms with E-state index in [0.29, 0.717) is 10.5 Å². The number of fused-ring (bicyclic) bond motifs is 2. The molecule has 2 aromatic carbocycles. The van der Waals surface area contributed by atoms with Crippen LogP contribution in [0.15, 0.2) is 60.7 Å². The van der Waals surface area contributed by atoms with Crippen LogP contribution in [0.2, 0.25) is 0 Å². The maximum absolute atomic E-state index is 13.8. The van der Waals surface area contributed by atoms with Gasteiger partial charge in [-0.15, -0.1) is 0 Å². The molecule has 6 nitrogen and oxygen atoms in total. The van der Waals surface area contributed by atoms with E-state index in [-0.39, 0.29) is 41.6 Å². The Hall–Kier alpha value is -3.68. The molecular formula is C23H18F2N2O4. The van der Waals surface area contributed by atoms with Crippen LogP contribution >= 0.6 is 0 Å². The van der Waals surface area contributed by atoms with Crippen LogP contribution in [-0.2, 0) is 0 Å². The van der Waals surface area contributed by atoms with Gasteiger partial charge in [0.1, 0.15) is 6.04 Å². The molecule has 0 aromatic heterocycles. The molecule has 0 saturated heterocycles. The van der Waals surface area contributed by atoms with Crippen molar-refractivity contribution in [3.8, 4) is 0 Å². The van der Waals surface area contributed by atoms with Crippen LogP contribution in [0.25, 0.3) is 0 Å². The first-order valence-corrected chi connectivity index (χ1v) is 9.68. The fraction of sp³-hybridized carbons (Fsp3) is 0.217. The van der Waals surface area contributed by atoms with Crippen molar-refractivity contribution >= 4 is 23.6 Å². The maximum atomic E-state index is 13.8. The number of nitrogens with zero attached hydrogens (tertiary/aromatic N) is 2. The third kappa shape index (κ3) is 3.43. The zero-order valence-electron chi connectivity index (χ0n) is 16.4. The predicted octanol–water partition coefficient (Wildman–Crippen LogP) is 3.55. The van der Waals surface area contributed by atoms with Gasteiger partial charge in [0.25, 0.3) is 30.1 Å². The average molecular weight is 424 g/mol. The number of hydrogen-bond donors (Lipinski definition) is 0. The highest BCUT2D eigenvalue weighted by Gasteiger charge is 2.43. The fourth-order valence-corrected chi connectivity index (χ4v) is 3.91. The Morgan fingerprint density at radius 2 is 1.19 bits per heavy atom. The molecule has 0 aliphatic carbocycles. The minimum absolute atomic E-state index is 0.00974. The standard InChI is InChI=1S/C23H18F2N2O4/c1-13(12-26-20(28)14-6-2-3-7-15(14)21(26)29)10-11-18(19(24)25)27-22(30)16-8-4-5-9-17(16)23(27)31/h2-9,18-19H,1,10-12H2. The zero-order valence-corrected chi connectivity index (χ0v) is 16.4. The zero-order chi connectivity index (χ0) is 22.3. The third-order valence-electron chi connectivity index (χ3n) is 5.50. The molecule has 0 fully saturated rings. The Labute approximate surface area is 176 Å². The molecule has 2 aromatic rings. The van der Waals surface area contributed by atoms with E-state index in [2.05, 4.69) is 6.58 Å². The van der Waals surface area contributed by atoms with E-state index in [1.807, 2.05) is 0 Å². The van der Waals surface area contributed by atoms with Crippen LogP contribution in [0.4, 0.5) is 8.78 Å². The molecule has 2 aliphatic heterocycles. The molecule has 4 amide bonds. The van der Waals surface area contributed by atoms with Gasteiger partial charge in [-0.05, 0) is 37.1 Å². The summed E-state index contributed by atoms with van der Waals surface area (Å²) in [5, 5.41) is 0. The minimum Gasteiger partial charge on any atom is -0.270 e. The molecule has 31 heavy (non-hydrogen) atoms. The number of hydrogen-bond acceptors (Lipinski definition) is 4. The highest BCUT2D eigenvalue weighted by molar-refractivity contribution is 6.22. The summed E-state index contributed by atoms with van der Waals surface area (Å²) in [6, 6.07) is 10.8. The second-order valence-corrected chi connectivity index (χ2v) is 7.46. The summed E-state index contributed by atoms with van der Waals surface area (Å²) in [7, 11) is 0. The molecule has 0 radical (unpaired) electrons. The molecule has 158 valence electrons. The predicted molar refractivity (Wildman–Crippen MR) is 107 cm³/mol. The van der Waals surface area contributed by atoms with Crippen molar-refractivity contribution in [2.75, 3.05) is 6.54 Å². The minimum atomic E-state index is -2.95. The van der Waals surface area contributed by atoms with Crippen molar-refractivity contribution in [2.24, 2.45) is 0 Å². The summed E-state index contributed by atoms with van der Waals surface area (Å²) in [6.45, 7) is 3.69. The Morgan fingerprint density at radius 3 is 1.61 bits per heavy atom. The molecule has 2 aliphatic rings. The third-order valence-corrected chi connectivity index (χ3v) is 5.50. The van der Waals surface area contributed by atoms with Crippen molar-refractivity contribution in [1.82, 2.24) is 9.80 Å². The number of halogens is 2. The lowest BCUT2D eigenvalue weighted by atomic mass is 10.0. The van der Waals surface area contributed by atoms with E-state index in [4.69, 9.17) is 0 Å². The van der Waals surface area contributed by atoms with Gasteiger partial charge in [0.15, 0.2) is 0 Å². The van der Waals surface area contributed by atoms with Crippen molar-refractivity contribution in [2.45, 2.75) is 25.3 Å². The average Bonchev–Trinajstić information content (AvgIpc) is 3.15. The van der Waals surface area contributed by atoms with Gasteiger partial charge >= 0.3 is 0 Å². The smallest absolute Gasteiger partial charge is 0.262 e. The lowest BCUT2D eigenvalue weighted by molar-refractivity contribution is 0.0205. The van der Waals surface area contributed by atoms with Gasteiger partial charge in [0, 0.05) is 6.54 Å². The normalized spacial score (nSPS) is 16.2. The molecule has 0 saturated carbocycles. The van der Waals surface area contributed by atoms with Crippen LogP contribution in [0.5, 0.6) is 0 Å². The van der Waals surface area contributed by atoms with Crippen LogP contribution < -0.4 is 0 Å². The second kappa shape index (κ2) is 7.86. The lowest BCUT2D eigenvalue weighted by Gasteiger charge is -2.26. The van der Waals surface area contributed by atoms with E-state index in [0.717, 1.165) is 4.90 Å². The van der Waals surface area contributed by atoms with E-state index in [9.17, 15) is 28.0 Å². The van der Waals surface area contributed by atoms with Crippen molar-refractivity contribution < 1.29 is 28.0 Å². The quantitative estimate of drug-likeness (QED) is 0.503. The van der Waals surface area contributed by atoms with Crippen molar-refractivity contribution in [1.29, 1.82) is 0 Å². The number of amides is 4. The maximum Gasteiger partial charge on any atom is 0.262 e. The molecule has 4 rings (SSSR count).